The molecule has 0 N–H and O–H groups in total. The van der Waals surface area contributed by atoms with Crippen molar-refractivity contribution in [2.24, 2.45) is 0 Å². The first kappa shape index (κ1) is 16.0. The van der Waals surface area contributed by atoms with E-state index in [0.29, 0.717) is 6.04 Å². The molecule has 1 fully saturated rings. The second kappa shape index (κ2) is 6.76. The van der Waals surface area contributed by atoms with Crippen LogP contribution in [0.3, 0.4) is 0 Å². The van der Waals surface area contributed by atoms with Crippen molar-refractivity contribution < 1.29 is 0 Å². The third-order valence-corrected chi connectivity index (χ3v) is 5.09. The summed E-state index contributed by atoms with van der Waals surface area (Å²) in [7, 11) is 2.20. The van der Waals surface area contributed by atoms with Crippen LogP contribution in [0, 0.1) is 0 Å². The Morgan fingerprint density at radius 2 is 2.04 bits per heavy atom. The van der Waals surface area contributed by atoms with Crippen molar-refractivity contribution in [2.45, 2.75) is 19.4 Å². The van der Waals surface area contributed by atoms with Gasteiger partial charge in [-0.2, -0.15) is 0 Å². The Morgan fingerprint density at radius 3 is 2.84 bits per heavy atom. The van der Waals surface area contributed by atoms with Gasteiger partial charge in [0.05, 0.1) is 5.52 Å². The van der Waals surface area contributed by atoms with Crippen LogP contribution in [0.1, 0.15) is 13.3 Å². The number of anilines is 1. The number of hydrogen-bond donors (Lipinski definition) is 0. The van der Waals surface area contributed by atoms with Gasteiger partial charge in [-0.3, -0.25) is 4.98 Å². The zero-order valence-corrected chi connectivity index (χ0v) is 14.8. The van der Waals surface area contributed by atoms with Crippen LogP contribution in [0.2, 0.25) is 0 Å². The molecular weight excluding hydrogens is 310 g/mol. The van der Waals surface area contributed by atoms with Crippen molar-refractivity contribution in [3.63, 3.8) is 0 Å². The fourth-order valence-electron chi connectivity index (χ4n) is 3.48. The molecule has 0 saturated carbocycles. The van der Waals surface area contributed by atoms with E-state index in [9.17, 15) is 0 Å². The smallest absolute Gasteiger partial charge is 0.163 e. The topological polar surface area (TPSA) is 45.2 Å². The number of pyridine rings is 1. The highest BCUT2D eigenvalue weighted by Gasteiger charge is 2.27. The zero-order chi connectivity index (χ0) is 17.2. The van der Waals surface area contributed by atoms with Crippen LogP contribution >= 0.6 is 0 Å². The van der Waals surface area contributed by atoms with Gasteiger partial charge in [0.2, 0.25) is 0 Å². The van der Waals surface area contributed by atoms with Crippen molar-refractivity contribution >= 4 is 16.7 Å². The fourth-order valence-corrected chi connectivity index (χ4v) is 3.48. The SMILES string of the molecule is CCN(C)C1CCN(c2nc(-c3cccnc3)nc3ccccc23)C1. The van der Waals surface area contributed by atoms with Gasteiger partial charge >= 0.3 is 0 Å². The van der Waals surface area contributed by atoms with Gasteiger partial charge in [-0.15, -0.1) is 0 Å². The van der Waals surface area contributed by atoms with Crippen molar-refractivity contribution in [3.8, 4) is 11.4 Å². The number of fused-ring (bicyclic) bond motifs is 1. The van der Waals surface area contributed by atoms with Gasteiger partial charge < -0.3 is 9.80 Å². The monoisotopic (exact) mass is 333 g/mol. The Morgan fingerprint density at radius 1 is 1.16 bits per heavy atom. The number of benzene rings is 1. The summed E-state index contributed by atoms with van der Waals surface area (Å²) >= 11 is 0. The summed E-state index contributed by atoms with van der Waals surface area (Å²) in [5.41, 5.74) is 1.94. The number of aromatic nitrogens is 3. The third kappa shape index (κ3) is 3.07. The van der Waals surface area contributed by atoms with Crippen molar-refractivity contribution in [3.05, 3.63) is 48.8 Å². The minimum absolute atomic E-state index is 0.584. The maximum Gasteiger partial charge on any atom is 0.163 e. The average Bonchev–Trinajstić information content (AvgIpc) is 3.17. The van der Waals surface area contributed by atoms with Crippen LogP contribution in [0.25, 0.3) is 22.3 Å². The molecule has 2 aromatic heterocycles. The lowest BCUT2D eigenvalue weighted by molar-refractivity contribution is 0.272. The Bertz CT molecular complexity index is 864. The molecule has 0 aliphatic carbocycles. The number of likely N-dealkylation sites (N-methyl/N-ethyl adjacent to an activating group) is 1. The molecule has 0 amide bonds. The Labute approximate surface area is 148 Å². The molecule has 5 heteroatoms. The van der Waals surface area contributed by atoms with Crippen LogP contribution < -0.4 is 4.90 Å². The highest BCUT2D eigenvalue weighted by atomic mass is 15.3. The van der Waals surface area contributed by atoms with Gasteiger partial charge in [0.1, 0.15) is 5.82 Å². The molecule has 1 saturated heterocycles. The largest absolute Gasteiger partial charge is 0.354 e. The highest BCUT2D eigenvalue weighted by molar-refractivity contribution is 5.91. The van der Waals surface area contributed by atoms with E-state index in [4.69, 9.17) is 9.97 Å². The first-order valence-corrected chi connectivity index (χ1v) is 8.88. The van der Waals surface area contributed by atoms with Gasteiger partial charge in [-0.25, -0.2) is 9.97 Å². The summed E-state index contributed by atoms with van der Waals surface area (Å²) in [5.74, 6) is 1.78. The van der Waals surface area contributed by atoms with E-state index in [2.05, 4.69) is 47.0 Å². The molecule has 0 spiro atoms. The highest BCUT2D eigenvalue weighted by Crippen LogP contribution is 2.30. The molecule has 3 heterocycles. The van der Waals surface area contributed by atoms with E-state index in [-0.39, 0.29) is 0 Å². The lowest BCUT2D eigenvalue weighted by atomic mass is 10.2. The molecule has 1 atom stereocenters. The first-order valence-electron chi connectivity index (χ1n) is 8.88. The van der Waals surface area contributed by atoms with E-state index in [1.54, 1.807) is 6.20 Å². The fraction of sp³-hybridized carbons (Fsp3) is 0.350. The van der Waals surface area contributed by atoms with E-state index >= 15 is 0 Å². The number of para-hydroxylation sites is 1. The maximum absolute atomic E-state index is 4.93. The molecule has 0 bridgehead atoms. The second-order valence-corrected chi connectivity index (χ2v) is 6.59. The summed E-state index contributed by atoms with van der Waals surface area (Å²) in [6.07, 6.45) is 4.77. The molecule has 1 aliphatic rings. The molecule has 128 valence electrons. The average molecular weight is 333 g/mol. The predicted octanol–water partition coefficient (Wildman–Crippen LogP) is 3.22. The molecule has 25 heavy (non-hydrogen) atoms. The van der Waals surface area contributed by atoms with Gasteiger partial charge in [-0.1, -0.05) is 19.1 Å². The normalized spacial score (nSPS) is 17.6. The minimum atomic E-state index is 0.584. The van der Waals surface area contributed by atoms with E-state index in [1.807, 2.05) is 24.4 Å². The van der Waals surface area contributed by atoms with E-state index < -0.39 is 0 Å². The molecular formula is C20H23N5. The van der Waals surface area contributed by atoms with Gasteiger partial charge in [-0.05, 0) is 44.3 Å². The number of nitrogens with zero attached hydrogens (tertiary/aromatic N) is 5. The summed E-state index contributed by atoms with van der Waals surface area (Å²) < 4.78 is 0. The van der Waals surface area contributed by atoms with Crippen LogP contribution in [0.15, 0.2) is 48.8 Å². The maximum atomic E-state index is 4.93. The molecule has 1 unspecified atom stereocenters. The molecule has 4 rings (SSSR count). The summed E-state index contributed by atoms with van der Waals surface area (Å²) in [6.45, 7) is 5.33. The Balaban J connectivity index is 1.77. The van der Waals surface area contributed by atoms with Crippen LogP contribution in [-0.2, 0) is 0 Å². The van der Waals surface area contributed by atoms with Gasteiger partial charge in [0.25, 0.3) is 0 Å². The Hall–Kier alpha value is -2.53. The number of rotatable bonds is 4. The standard InChI is InChI=1S/C20H23N5/c1-3-24(2)16-10-12-25(14-16)20-17-8-4-5-9-18(17)22-19(23-20)15-7-6-11-21-13-15/h4-9,11,13,16H,3,10,12,14H2,1-2H3. The molecule has 1 aromatic carbocycles. The van der Waals surface area contributed by atoms with Gasteiger partial charge in [0, 0.05) is 42.5 Å². The summed E-state index contributed by atoms with van der Waals surface area (Å²) in [4.78, 5) is 18.7. The van der Waals surface area contributed by atoms with Crippen LogP contribution in [0.5, 0.6) is 0 Å². The summed E-state index contributed by atoms with van der Waals surface area (Å²) in [6, 6.07) is 12.8. The third-order valence-electron chi connectivity index (χ3n) is 5.09. The van der Waals surface area contributed by atoms with Crippen molar-refractivity contribution in [2.75, 3.05) is 31.6 Å². The van der Waals surface area contributed by atoms with E-state index in [1.165, 1.54) is 6.42 Å². The summed E-state index contributed by atoms with van der Waals surface area (Å²) in [5, 5.41) is 1.12. The zero-order valence-electron chi connectivity index (χ0n) is 14.8. The molecule has 0 radical (unpaired) electrons. The number of hydrogen-bond acceptors (Lipinski definition) is 5. The van der Waals surface area contributed by atoms with Crippen molar-refractivity contribution in [1.82, 2.24) is 19.9 Å². The minimum Gasteiger partial charge on any atom is -0.354 e. The quantitative estimate of drug-likeness (QED) is 0.733. The van der Waals surface area contributed by atoms with Gasteiger partial charge in [0.15, 0.2) is 5.82 Å². The first-order chi connectivity index (χ1) is 12.3. The molecule has 3 aromatic rings. The molecule has 5 nitrogen and oxygen atoms in total. The second-order valence-electron chi connectivity index (χ2n) is 6.59. The van der Waals surface area contributed by atoms with Crippen LogP contribution in [0.4, 0.5) is 5.82 Å². The van der Waals surface area contributed by atoms with Crippen molar-refractivity contribution in [1.29, 1.82) is 0 Å². The Kier molecular flexibility index (Phi) is 4.32. The van der Waals surface area contributed by atoms with E-state index in [0.717, 1.165) is 47.7 Å². The molecule has 1 aliphatic heterocycles. The lowest BCUT2D eigenvalue weighted by Gasteiger charge is -2.24. The van der Waals surface area contributed by atoms with Crippen LogP contribution in [-0.4, -0.2) is 52.6 Å². The predicted molar refractivity (Wildman–Crippen MR) is 102 cm³/mol. The lowest BCUT2D eigenvalue weighted by Crippen LogP contribution is -2.34.